The van der Waals surface area contributed by atoms with Crippen LogP contribution in [-0.4, -0.2) is 47.4 Å². The summed E-state index contributed by atoms with van der Waals surface area (Å²) in [4.78, 5) is 23.5. The van der Waals surface area contributed by atoms with E-state index in [2.05, 4.69) is 20.3 Å². The van der Waals surface area contributed by atoms with Crippen LogP contribution in [0.25, 0.3) is 11.4 Å². The van der Waals surface area contributed by atoms with Crippen LogP contribution in [0, 0.1) is 13.8 Å². The van der Waals surface area contributed by atoms with Crippen molar-refractivity contribution < 1.29 is 9.47 Å². The average Bonchev–Trinajstić information content (AvgIpc) is 2.65. The van der Waals surface area contributed by atoms with Crippen molar-refractivity contribution in [1.82, 2.24) is 15.0 Å². The Hall–Kier alpha value is -2.25. The van der Waals surface area contributed by atoms with Crippen molar-refractivity contribution in [3.8, 4) is 11.4 Å². The van der Waals surface area contributed by atoms with Gasteiger partial charge in [0.25, 0.3) is 5.56 Å². The van der Waals surface area contributed by atoms with Crippen LogP contribution in [0.5, 0.6) is 0 Å². The number of aryl methyl sites for hydroxylation is 1. The summed E-state index contributed by atoms with van der Waals surface area (Å²) in [6.07, 6.45) is 3.43. The first kappa shape index (κ1) is 17.6. The average molecular weight is 344 g/mol. The third kappa shape index (κ3) is 3.88. The molecule has 0 saturated carbocycles. The highest BCUT2D eigenvalue weighted by molar-refractivity contribution is 5.56. The maximum atomic E-state index is 11.9. The Morgan fingerprint density at radius 1 is 1.32 bits per heavy atom. The molecular formula is C18H24N4O3. The molecule has 0 unspecified atom stereocenters. The van der Waals surface area contributed by atoms with Gasteiger partial charge in [0.05, 0.1) is 5.60 Å². The predicted molar refractivity (Wildman–Crippen MR) is 95.8 cm³/mol. The molecule has 0 amide bonds. The number of anilines is 1. The van der Waals surface area contributed by atoms with Crippen molar-refractivity contribution in [3.05, 3.63) is 39.9 Å². The van der Waals surface area contributed by atoms with Crippen molar-refractivity contribution in [1.29, 1.82) is 0 Å². The van der Waals surface area contributed by atoms with E-state index < -0.39 is 0 Å². The molecule has 0 radical (unpaired) electrons. The third-order valence-corrected chi connectivity index (χ3v) is 4.86. The first-order valence-electron chi connectivity index (χ1n) is 8.44. The largest absolute Gasteiger partial charge is 0.381 e. The Morgan fingerprint density at radius 3 is 2.68 bits per heavy atom. The van der Waals surface area contributed by atoms with Crippen LogP contribution >= 0.6 is 0 Å². The number of nitrogens with one attached hydrogen (secondary N) is 2. The lowest BCUT2D eigenvalue weighted by atomic mass is 9.94. The fourth-order valence-corrected chi connectivity index (χ4v) is 2.87. The molecule has 1 saturated heterocycles. The Bertz CT molecular complexity index is 780. The molecule has 0 aromatic carbocycles. The number of ether oxygens (including phenoxy) is 2. The minimum atomic E-state index is -0.209. The molecule has 0 bridgehead atoms. The molecule has 2 aromatic heterocycles. The van der Waals surface area contributed by atoms with E-state index in [1.165, 1.54) is 0 Å². The summed E-state index contributed by atoms with van der Waals surface area (Å²) in [5, 5.41) is 3.33. The van der Waals surface area contributed by atoms with Crippen LogP contribution in [0.2, 0.25) is 0 Å². The number of nitrogens with zero attached hydrogens (tertiary/aromatic N) is 2. The van der Waals surface area contributed by atoms with Crippen molar-refractivity contribution in [2.45, 2.75) is 32.3 Å². The van der Waals surface area contributed by atoms with E-state index in [1.807, 2.05) is 19.1 Å². The lowest BCUT2D eigenvalue weighted by Crippen LogP contribution is -2.44. The van der Waals surface area contributed by atoms with Gasteiger partial charge in [0.1, 0.15) is 11.6 Å². The molecule has 2 N–H and O–H groups in total. The molecular weight excluding hydrogens is 320 g/mol. The molecule has 0 atom stereocenters. The lowest BCUT2D eigenvalue weighted by Gasteiger charge is -2.36. The molecule has 7 nitrogen and oxygen atoms in total. The number of aromatic amines is 1. The third-order valence-electron chi connectivity index (χ3n) is 4.86. The normalized spacial score (nSPS) is 16.6. The second kappa shape index (κ2) is 7.33. The van der Waals surface area contributed by atoms with E-state index in [9.17, 15) is 4.79 Å². The summed E-state index contributed by atoms with van der Waals surface area (Å²) in [6.45, 7) is 5.70. The molecule has 25 heavy (non-hydrogen) atoms. The number of rotatable bonds is 5. The van der Waals surface area contributed by atoms with Gasteiger partial charge in [-0.25, -0.2) is 9.97 Å². The van der Waals surface area contributed by atoms with Crippen molar-refractivity contribution in [3.63, 3.8) is 0 Å². The van der Waals surface area contributed by atoms with Crippen LogP contribution in [0.1, 0.15) is 24.1 Å². The van der Waals surface area contributed by atoms with Gasteiger partial charge in [-0.2, -0.15) is 0 Å². The van der Waals surface area contributed by atoms with E-state index in [0.29, 0.717) is 31.1 Å². The maximum absolute atomic E-state index is 11.9. The summed E-state index contributed by atoms with van der Waals surface area (Å²) in [5.74, 6) is 1.29. The highest BCUT2D eigenvalue weighted by Gasteiger charge is 2.32. The SMILES string of the molecule is COC1(CNc2ccc(-c3nc(C)c(C)c(=O)[nH]3)cn2)CCOCC1. The topological polar surface area (TPSA) is 89.1 Å². The second-order valence-electron chi connectivity index (χ2n) is 6.41. The van der Waals surface area contributed by atoms with Gasteiger partial charge in [0.15, 0.2) is 0 Å². The first-order valence-corrected chi connectivity index (χ1v) is 8.44. The Morgan fingerprint density at radius 2 is 2.08 bits per heavy atom. The van der Waals surface area contributed by atoms with Crippen molar-refractivity contribution in [2.75, 3.05) is 32.2 Å². The minimum Gasteiger partial charge on any atom is -0.381 e. The van der Waals surface area contributed by atoms with E-state index in [1.54, 1.807) is 20.2 Å². The van der Waals surface area contributed by atoms with E-state index in [4.69, 9.17) is 9.47 Å². The molecule has 0 spiro atoms. The number of pyridine rings is 1. The van der Waals surface area contributed by atoms with Gasteiger partial charge in [-0.05, 0) is 26.0 Å². The zero-order valence-electron chi connectivity index (χ0n) is 14.9. The maximum Gasteiger partial charge on any atom is 0.254 e. The van der Waals surface area contributed by atoms with Gasteiger partial charge in [-0.3, -0.25) is 4.79 Å². The molecule has 0 aliphatic carbocycles. The quantitative estimate of drug-likeness (QED) is 0.863. The Kier molecular flexibility index (Phi) is 5.15. The molecule has 3 heterocycles. The number of hydrogen-bond acceptors (Lipinski definition) is 6. The van der Waals surface area contributed by atoms with Crippen LogP contribution in [0.4, 0.5) is 5.82 Å². The van der Waals surface area contributed by atoms with Crippen LogP contribution < -0.4 is 10.9 Å². The standard InChI is InChI=1S/C18H24N4O3/c1-12-13(2)21-16(22-17(12)23)14-4-5-15(19-10-14)20-11-18(24-3)6-8-25-9-7-18/h4-5,10H,6-9,11H2,1-3H3,(H,19,20)(H,21,22,23). The fourth-order valence-electron chi connectivity index (χ4n) is 2.87. The summed E-state index contributed by atoms with van der Waals surface area (Å²) in [6, 6.07) is 3.78. The number of aromatic nitrogens is 3. The summed E-state index contributed by atoms with van der Waals surface area (Å²) < 4.78 is 11.1. The molecule has 2 aromatic rings. The van der Waals surface area contributed by atoms with Gasteiger partial charge < -0.3 is 19.8 Å². The van der Waals surface area contributed by atoms with Gasteiger partial charge in [-0.1, -0.05) is 0 Å². The summed E-state index contributed by atoms with van der Waals surface area (Å²) in [5.41, 5.74) is 1.81. The monoisotopic (exact) mass is 344 g/mol. The zero-order chi connectivity index (χ0) is 17.9. The van der Waals surface area contributed by atoms with Crippen molar-refractivity contribution in [2.24, 2.45) is 0 Å². The first-order chi connectivity index (χ1) is 12.0. The van der Waals surface area contributed by atoms with Crippen LogP contribution in [0.15, 0.2) is 23.1 Å². The molecule has 7 heteroatoms. The summed E-state index contributed by atoms with van der Waals surface area (Å²) >= 11 is 0. The number of H-pyrrole nitrogens is 1. The Balaban J connectivity index is 1.71. The van der Waals surface area contributed by atoms with Gasteiger partial charge in [0, 0.05) is 62.7 Å². The van der Waals surface area contributed by atoms with Gasteiger partial charge >= 0.3 is 0 Å². The molecule has 1 fully saturated rings. The van der Waals surface area contributed by atoms with Crippen LogP contribution in [-0.2, 0) is 9.47 Å². The highest BCUT2D eigenvalue weighted by atomic mass is 16.5. The molecule has 134 valence electrons. The minimum absolute atomic E-state index is 0.119. The van der Waals surface area contributed by atoms with Crippen LogP contribution in [0.3, 0.4) is 0 Å². The highest BCUT2D eigenvalue weighted by Crippen LogP contribution is 2.25. The molecule has 3 rings (SSSR count). The number of hydrogen-bond donors (Lipinski definition) is 2. The van der Waals surface area contributed by atoms with E-state index >= 15 is 0 Å². The molecule has 1 aliphatic rings. The smallest absolute Gasteiger partial charge is 0.254 e. The van der Waals surface area contributed by atoms with Crippen molar-refractivity contribution >= 4 is 5.82 Å². The van der Waals surface area contributed by atoms with E-state index in [0.717, 1.165) is 29.9 Å². The van der Waals surface area contributed by atoms with Gasteiger partial charge in [-0.15, -0.1) is 0 Å². The lowest BCUT2D eigenvalue weighted by molar-refractivity contribution is -0.0807. The zero-order valence-corrected chi connectivity index (χ0v) is 14.9. The number of methoxy groups -OCH3 is 1. The van der Waals surface area contributed by atoms with Gasteiger partial charge in [0.2, 0.25) is 0 Å². The Labute approximate surface area is 146 Å². The van der Waals surface area contributed by atoms with E-state index in [-0.39, 0.29) is 11.2 Å². The fraction of sp³-hybridized carbons (Fsp3) is 0.500. The second-order valence-corrected chi connectivity index (χ2v) is 6.41. The summed E-state index contributed by atoms with van der Waals surface area (Å²) in [7, 11) is 1.74. The predicted octanol–water partition coefficient (Wildman–Crippen LogP) is 2.06. The molecule has 1 aliphatic heterocycles.